The second-order valence-corrected chi connectivity index (χ2v) is 6.56. The number of para-hydroxylation sites is 1. The van der Waals surface area contributed by atoms with Gasteiger partial charge in [0.25, 0.3) is 0 Å². The molecule has 1 saturated heterocycles. The summed E-state index contributed by atoms with van der Waals surface area (Å²) in [5.41, 5.74) is 9.42. The second kappa shape index (κ2) is 4.25. The van der Waals surface area contributed by atoms with Crippen molar-refractivity contribution in [3.05, 3.63) is 53.6 Å². The molecule has 2 heterocycles. The van der Waals surface area contributed by atoms with Crippen LogP contribution in [0.3, 0.4) is 0 Å². The van der Waals surface area contributed by atoms with Gasteiger partial charge in [0.15, 0.2) is 0 Å². The van der Waals surface area contributed by atoms with Crippen molar-refractivity contribution in [2.24, 2.45) is 0 Å². The summed E-state index contributed by atoms with van der Waals surface area (Å²) in [6.07, 6.45) is 0. The van der Waals surface area contributed by atoms with E-state index in [0.717, 1.165) is 30.3 Å². The van der Waals surface area contributed by atoms with Gasteiger partial charge in [-0.2, -0.15) is 0 Å². The monoisotopic (exact) mass is 280 g/mol. The Morgan fingerprint density at radius 2 is 2.00 bits per heavy atom. The zero-order chi connectivity index (χ0) is 14.6. The van der Waals surface area contributed by atoms with Crippen LogP contribution in [0.25, 0.3) is 0 Å². The maximum atomic E-state index is 6.22. The fraction of sp³-hybridized carbons (Fsp3) is 0.333. The van der Waals surface area contributed by atoms with Crippen LogP contribution in [0, 0.1) is 0 Å². The molecule has 4 rings (SSSR count). The van der Waals surface area contributed by atoms with Gasteiger partial charge in [0.05, 0.1) is 0 Å². The Bertz CT molecular complexity index is 712. The normalized spacial score (nSPS) is 27.2. The van der Waals surface area contributed by atoms with E-state index in [1.807, 2.05) is 18.2 Å². The number of likely N-dealkylation sites (tertiary alicyclic amines) is 1. The number of benzene rings is 2. The highest BCUT2D eigenvalue weighted by molar-refractivity contribution is 5.57. The van der Waals surface area contributed by atoms with Crippen LogP contribution in [0.5, 0.6) is 11.5 Å². The van der Waals surface area contributed by atoms with Crippen LogP contribution in [0.15, 0.2) is 42.5 Å². The van der Waals surface area contributed by atoms with E-state index in [4.69, 9.17) is 10.5 Å². The van der Waals surface area contributed by atoms with Crippen LogP contribution >= 0.6 is 0 Å². The topological polar surface area (TPSA) is 38.5 Å². The highest BCUT2D eigenvalue weighted by Crippen LogP contribution is 2.53. The predicted octanol–water partition coefficient (Wildman–Crippen LogP) is 3.36. The van der Waals surface area contributed by atoms with Gasteiger partial charge in [-0.3, -0.25) is 0 Å². The molecule has 3 heteroatoms. The van der Waals surface area contributed by atoms with Crippen LogP contribution in [-0.4, -0.2) is 25.0 Å². The number of hydrogen-bond acceptors (Lipinski definition) is 3. The van der Waals surface area contributed by atoms with Gasteiger partial charge < -0.3 is 15.4 Å². The van der Waals surface area contributed by atoms with Gasteiger partial charge in [0, 0.05) is 41.2 Å². The van der Waals surface area contributed by atoms with Crippen molar-refractivity contribution in [1.29, 1.82) is 0 Å². The van der Waals surface area contributed by atoms with Crippen molar-refractivity contribution in [3.8, 4) is 11.5 Å². The van der Waals surface area contributed by atoms with Crippen molar-refractivity contribution >= 4 is 5.69 Å². The lowest BCUT2D eigenvalue weighted by atomic mass is 9.71. The minimum absolute atomic E-state index is 0.0338. The summed E-state index contributed by atoms with van der Waals surface area (Å²) in [7, 11) is 2.19. The lowest BCUT2D eigenvalue weighted by Gasteiger charge is -2.30. The molecule has 0 unspecified atom stereocenters. The van der Waals surface area contributed by atoms with Crippen molar-refractivity contribution < 1.29 is 4.74 Å². The van der Waals surface area contributed by atoms with Crippen molar-refractivity contribution in [1.82, 2.24) is 4.90 Å². The number of rotatable bonds is 0. The minimum atomic E-state index is 0.0338. The molecule has 2 aromatic carbocycles. The Labute approximate surface area is 125 Å². The zero-order valence-corrected chi connectivity index (χ0v) is 12.5. The van der Waals surface area contributed by atoms with E-state index in [0.29, 0.717) is 5.92 Å². The second-order valence-electron chi connectivity index (χ2n) is 6.56. The number of nitrogens with two attached hydrogens (primary N) is 1. The van der Waals surface area contributed by atoms with Crippen LogP contribution < -0.4 is 10.5 Å². The molecule has 1 fully saturated rings. The third kappa shape index (κ3) is 1.77. The Kier molecular flexibility index (Phi) is 2.57. The maximum absolute atomic E-state index is 6.22. The van der Waals surface area contributed by atoms with E-state index in [1.54, 1.807) is 0 Å². The molecule has 2 aliphatic rings. The van der Waals surface area contributed by atoms with Gasteiger partial charge in [-0.15, -0.1) is 0 Å². The molecule has 3 nitrogen and oxygen atoms in total. The van der Waals surface area contributed by atoms with Crippen LogP contribution in [0.4, 0.5) is 5.69 Å². The lowest BCUT2D eigenvalue weighted by Crippen LogP contribution is -2.30. The number of fused-ring (bicyclic) bond motifs is 5. The number of hydrogen-bond donors (Lipinski definition) is 1. The Balaban J connectivity index is 2.00. The number of nitrogen functional groups attached to an aromatic ring is 1. The molecule has 0 bridgehead atoms. The fourth-order valence-corrected chi connectivity index (χ4v) is 4.03. The molecular weight excluding hydrogens is 260 g/mol. The molecule has 0 aliphatic carbocycles. The van der Waals surface area contributed by atoms with Gasteiger partial charge in [-0.05, 0) is 31.3 Å². The molecule has 0 spiro atoms. The van der Waals surface area contributed by atoms with E-state index < -0.39 is 0 Å². The van der Waals surface area contributed by atoms with Crippen molar-refractivity contribution in [2.45, 2.75) is 18.3 Å². The van der Waals surface area contributed by atoms with Gasteiger partial charge in [-0.25, -0.2) is 0 Å². The molecule has 2 aromatic rings. The summed E-state index contributed by atoms with van der Waals surface area (Å²) in [5.74, 6) is 2.35. The average Bonchev–Trinajstić information content (AvgIpc) is 2.73. The Morgan fingerprint density at radius 1 is 1.19 bits per heavy atom. The molecule has 2 aliphatic heterocycles. The first-order chi connectivity index (χ1) is 10.1. The molecule has 0 radical (unpaired) electrons. The van der Waals surface area contributed by atoms with E-state index in [2.05, 4.69) is 43.1 Å². The largest absolute Gasteiger partial charge is 0.457 e. The summed E-state index contributed by atoms with van der Waals surface area (Å²) in [5, 5.41) is 0. The van der Waals surface area contributed by atoms with Gasteiger partial charge in [0.2, 0.25) is 0 Å². The highest BCUT2D eigenvalue weighted by atomic mass is 16.5. The molecule has 0 aromatic heterocycles. The number of anilines is 1. The lowest BCUT2D eigenvalue weighted by molar-refractivity contribution is 0.375. The Hall–Kier alpha value is -2.00. The van der Waals surface area contributed by atoms with Gasteiger partial charge >= 0.3 is 0 Å². The van der Waals surface area contributed by atoms with E-state index in [1.165, 1.54) is 11.1 Å². The smallest absolute Gasteiger partial charge is 0.131 e. The summed E-state index contributed by atoms with van der Waals surface area (Å²) in [4.78, 5) is 2.40. The third-order valence-corrected chi connectivity index (χ3v) is 4.99. The maximum Gasteiger partial charge on any atom is 0.131 e. The first-order valence-electron chi connectivity index (χ1n) is 7.43. The SMILES string of the molecule is CN1C[C@@H]2c3ccccc3Oc3ccc(N)cc3[C@@]2(C)C1. The molecule has 0 saturated carbocycles. The summed E-state index contributed by atoms with van der Waals surface area (Å²) in [6.45, 7) is 4.40. The molecular formula is C18H20N2O. The molecule has 21 heavy (non-hydrogen) atoms. The third-order valence-electron chi connectivity index (χ3n) is 4.99. The summed E-state index contributed by atoms with van der Waals surface area (Å²) in [6, 6.07) is 14.4. The number of ether oxygens (including phenoxy) is 1. The van der Waals surface area contributed by atoms with Crippen LogP contribution in [-0.2, 0) is 5.41 Å². The van der Waals surface area contributed by atoms with E-state index >= 15 is 0 Å². The zero-order valence-electron chi connectivity index (χ0n) is 12.5. The Morgan fingerprint density at radius 3 is 2.86 bits per heavy atom. The van der Waals surface area contributed by atoms with Crippen LogP contribution in [0.1, 0.15) is 24.0 Å². The quantitative estimate of drug-likeness (QED) is 0.752. The minimum Gasteiger partial charge on any atom is -0.457 e. The molecule has 0 amide bonds. The fourth-order valence-electron chi connectivity index (χ4n) is 4.03. The van der Waals surface area contributed by atoms with Gasteiger partial charge in [-0.1, -0.05) is 25.1 Å². The summed E-state index contributed by atoms with van der Waals surface area (Å²) >= 11 is 0. The summed E-state index contributed by atoms with van der Waals surface area (Å²) < 4.78 is 6.22. The van der Waals surface area contributed by atoms with Crippen LogP contribution in [0.2, 0.25) is 0 Å². The number of nitrogens with zero attached hydrogens (tertiary/aromatic N) is 1. The standard InChI is InChI=1S/C18H20N2O/c1-18-11-20(2)10-15(18)13-5-3-4-6-16(13)21-17-8-7-12(19)9-14(17)18/h3-9,15H,10-11,19H2,1-2H3/t15-,18-/m1/s1. The number of likely N-dealkylation sites (N-methyl/N-ethyl adjacent to an activating group) is 1. The molecule has 108 valence electrons. The molecule has 2 N–H and O–H groups in total. The van der Waals surface area contributed by atoms with Gasteiger partial charge in [0.1, 0.15) is 11.5 Å². The first-order valence-corrected chi connectivity index (χ1v) is 7.43. The van der Waals surface area contributed by atoms with E-state index in [9.17, 15) is 0 Å². The average molecular weight is 280 g/mol. The van der Waals surface area contributed by atoms with Crippen molar-refractivity contribution in [3.63, 3.8) is 0 Å². The van der Waals surface area contributed by atoms with E-state index in [-0.39, 0.29) is 5.41 Å². The van der Waals surface area contributed by atoms with Crippen molar-refractivity contribution in [2.75, 3.05) is 25.9 Å². The predicted molar refractivity (Wildman–Crippen MR) is 85.0 cm³/mol. The first kappa shape index (κ1) is 12.7. The molecule has 2 atom stereocenters. The highest BCUT2D eigenvalue weighted by Gasteiger charge is 2.47.